The Morgan fingerprint density at radius 3 is 2.00 bits per heavy atom. The van der Waals surface area contributed by atoms with Gasteiger partial charge in [-0.3, -0.25) is 4.79 Å². The summed E-state index contributed by atoms with van der Waals surface area (Å²) >= 11 is 0. The number of rotatable bonds is 7. The quantitative estimate of drug-likeness (QED) is 0.619. The summed E-state index contributed by atoms with van der Waals surface area (Å²) in [7, 11) is 0. The van der Waals surface area contributed by atoms with Crippen LogP contribution in [0.4, 0.5) is 0 Å². The molecule has 2 fully saturated rings. The number of carbonyl (C=O) groups is 1. The first kappa shape index (κ1) is 20.8. The summed E-state index contributed by atoms with van der Waals surface area (Å²) in [4.78, 5) is 15.0. The van der Waals surface area contributed by atoms with Gasteiger partial charge in [-0.05, 0) is 44.7 Å². The van der Waals surface area contributed by atoms with Crippen LogP contribution >= 0.6 is 12.4 Å². The molecule has 0 aromatic carbocycles. The largest absolute Gasteiger partial charge is 0.460 e. The Morgan fingerprint density at radius 2 is 1.48 bits per heavy atom. The van der Waals surface area contributed by atoms with Gasteiger partial charge in [-0.25, -0.2) is 0 Å². The maximum atomic E-state index is 12.6. The second kappa shape index (κ2) is 11.3. The normalized spacial score (nSPS) is 21.7. The van der Waals surface area contributed by atoms with Gasteiger partial charge in [-0.15, -0.1) is 12.4 Å². The highest BCUT2D eigenvalue weighted by Crippen LogP contribution is 2.31. The first-order valence-corrected chi connectivity index (χ1v) is 9.67. The molecule has 1 unspecified atom stereocenters. The number of halogens is 1. The van der Waals surface area contributed by atoms with E-state index in [1.807, 2.05) is 0 Å². The molecule has 0 N–H and O–H groups in total. The molecule has 2 rings (SSSR count). The lowest BCUT2D eigenvalue weighted by Gasteiger charge is -2.34. The zero-order valence-electron chi connectivity index (χ0n) is 15.1. The number of ether oxygens (including phenoxy) is 1. The molecule has 0 aromatic heterocycles. The summed E-state index contributed by atoms with van der Waals surface area (Å²) < 4.78 is 6.08. The van der Waals surface area contributed by atoms with E-state index >= 15 is 0 Å². The van der Waals surface area contributed by atoms with Crippen LogP contribution in [0, 0.1) is 11.8 Å². The van der Waals surface area contributed by atoms with Gasteiger partial charge in [-0.1, -0.05) is 52.4 Å². The lowest BCUT2D eigenvalue weighted by Crippen LogP contribution is -2.41. The molecule has 0 heterocycles. The van der Waals surface area contributed by atoms with Crippen molar-refractivity contribution < 1.29 is 9.53 Å². The van der Waals surface area contributed by atoms with Crippen LogP contribution in [-0.4, -0.2) is 36.6 Å². The fraction of sp³-hybridized carbons (Fsp3) is 0.947. The van der Waals surface area contributed by atoms with Gasteiger partial charge in [0.25, 0.3) is 0 Å². The Bertz CT molecular complexity index is 321. The highest BCUT2D eigenvalue weighted by molar-refractivity contribution is 5.85. The summed E-state index contributed by atoms with van der Waals surface area (Å²) in [5.74, 6) is 0.862. The number of nitrogens with zero attached hydrogens (tertiary/aromatic N) is 1. The van der Waals surface area contributed by atoms with Crippen LogP contribution in [0.1, 0.15) is 78.1 Å². The van der Waals surface area contributed by atoms with Gasteiger partial charge in [0.2, 0.25) is 0 Å². The molecule has 0 radical (unpaired) electrons. The number of hydrogen-bond acceptors (Lipinski definition) is 3. The van der Waals surface area contributed by atoms with Crippen molar-refractivity contribution in [1.82, 2.24) is 4.90 Å². The SMILES string of the molecule is CCN(CC)CC(OC(=O)C1CCCCC1)C1CCCCC1.Cl. The molecule has 0 spiro atoms. The van der Waals surface area contributed by atoms with Crippen LogP contribution in [0.15, 0.2) is 0 Å². The molecule has 2 aliphatic carbocycles. The van der Waals surface area contributed by atoms with Crippen molar-refractivity contribution in [2.45, 2.75) is 84.2 Å². The van der Waals surface area contributed by atoms with E-state index in [0.29, 0.717) is 5.92 Å². The molecular formula is C19H36ClNO2. The van der Waals surface area contributed by atoms with Gasteiger partial charge >= 0.3 is 5.97 Å². The lowest BCUT2D eigenvalue weighted by atomic mass is 9.84. The van der Waals surface area contributed by atoms with E-state index in [1.165, 1.54) is 51.4 Å². The first-order valence-electron chi connectivity index (χ1n) is 9.67. The standard InChI is InChI=1S/C19H35NO2.ClH/c1-3-20(4-2)15-18(16-11-7-5-8-12-16)22-19(21)17-13-9-6-10-14-17;/h16-18H,3-15H2,1-2H3;1H. The van der Waals surface area contributed by atoms with E-state index in [2.05, 4.69) is 18.7 Å². The van der Waals surface area contributed by atoms with Crippen LogP contribution in [0.2, 0.25) is 0 Å². The molecule has 4 heteroatoms. The van der Waals surface area contributed by atoms with Crippen molar-refractivity contribution in [3.63, 3.8) is 0 Å². The minimum absolute atomic E-state index is 0. The maximum absolute atomic E-state index is 12.6. The molecule has 2 aliphatic rings. The van der Waals surface area contributed by atoms with Crippen molar-refractivity contribution in [1.29, 1.82) is 0 Å². The number of carbonyl (C=O) groups excluding carboxylic acids is 1. The van der Waals surface area contributed by atoms with Crippen molar-refractivity contribution in [3.05, 3.63) is 0 Å². The maximum Gasteiger partial charge on any atom is 0.309 e. The van der Waals surface area contributed by atoms with Gasteiger partial charge in [0.05, 0.1) is 5.92 Å². The van der Waals surface area contributed by atoms with Crippen LogP contribution in [0.25, 0.3) is 0 Å². The van der Waals surface area contributed by atoms with E-state index in [4.69, 9.17) is 4.74 Å². The van der Waals surface area contributed by atoms with E-state index in [0.717, 1.165) is 32.5 Å². The fourth-order valence-electron chi connectivity index (χ4n) is 4.11. The third kappa shape index (κ3) is 6.62. The molecule has 2 saturated carbocycles. The minimum Gasteiger partial charge on any atom is -0.460 e. The molecule has 3 nitrogen and oxygen atoms in total. The van der Waals surface area contributed by atoms with Crippen LogP contribution < -0.4 is 0 Å². The Labute approximate surface area is 148 Å². The lowest BCUT2D eigenvalue weighted by molar-refractivity contribution is -0.160. The molecule has 0 amide bonds. The first-order chi connectivity index (χ1) is 10.7. The average Bonchev–Trinajstić information content (AvgIpc) is 2.60. The second-order valence-corrected chi connectivity index (χ2v) is 7.19. The molecule has 0 bridgehead atoms. The zero-order valence-corrected chi connectivity index (χ0v) is 15.9. The summed E-state index contributed by atoms with van der Waals surface area (Å²) in [6.07, 6.45) is 12.3. The highest BCUT2D eigenvalue weighted by Gasteiger charge is 2.31. The summed E-state index contributed by atoms with van der Waals surface area (Å²) in [5.41, 5.74) is 0. The van der Waals surface area contributed by atoms with Gasteiger partial charge in [0.1, 0.15) is 6.10 Å². The van der Waals surface area contributed by atoms with Crippen LogP contribution in [0.5, 0.6) is 0 Å². The van der Waals surface area contributed by atoms with Crippen LogP contribution in [0.3, 0.4) is 0 Å². The summed E-state index contributed by atoms with van der Waals surface area (Å²) in [5, 5.41) is 0. The van der Waals surface area contributed by atoms with Crippen molar-refractivity contribution in [2.24, 2.45) is 11.8 Å². The zero-order chi connectivity index (χ0) is 15.8. The fourth-order valence-corrected chi connectivity index (χ4v) is 4.11. The third-order valence-corrected chi connectivity index (χ3v) is 5.71. The molecular weight excluding hydrogens is 310 g/mol. The molecule has 0 saturated heterocycles. The Morgan fingerprint density at radius 1 is 0.957 bits per heavy atom. The Balaban J connectivity index is 0.00000264. The van der Waals surface area contributed by atoms with E-state index in [-0.39, 0.29) is 30.4 Å². The molecule has 136 valence electrons. The van der Waals surface area contributed by atoms with Gasteiger partial charge in [-0.2, -0.15) is 0 Å². The summed E-state index contributed by atoms with van der Waals surface area (Å²) in [6, 6.07) is 0. The average molecular weight is 346 g/mol. The van der Waals surface area contributed by atoms with Crippen molar-refractivity contribution in [2.75, 3.05) is 19.6 Å². The topological polar surface area (TPSA) is 29.5 Å². The van der Waals surface area contributed by atoms with Gasteiger partial charge < -0.3 is 9.64 Å². The third-order valence-electron chi connectivity index (χ3n) is 5.71. The molecule has 0 aromatic rings. The summed E-state index contributed by atoms with van der Waals surface area (Å²) in [6.45, 7) is 7.41. The molecule has 0 aliphatic heterocycles. The van der Waals surface area contributed by atoms with Crippen LogP contribution in [-0.2, 0) is 9.53 Å². The Kier molecular flexibility index (Phi) is 10.2. The van der Waals surface area contributed by atoms with E-state index in [1.54, 1.807) is 0 Å². The number of likely N-dealkylation sites (N-methyl/N-ethyl adjacent to an activating group) is 1. The van der Waals surface area contributed by atoms with Crippen molar-refractivity contribution >= 4 is 18.4 Å². The molecule has 23 heavy (non-hydrogen) atoms. The van der Waals surface area contributed by atoms with Gasteiger partial charge in [0.15, 0.2) is 0 Å². The molecule has 1 atom stereocenters. The predicted octanol–water partition coefficient (Wildman–Crippen LogP) is 4.82. The second-order valence-electron chi connectivity index (χ2n) is 7.19. The van der Waals surface area contributed by atoms with E-state index in [9.17, 15) is 4.79 Å². The Hall–Kier alpha value is -0.280. The predicted molar refractivity (Wildman–Crippen MR) is 98.1 cm³/mol. The van der Waals surface area contributed by atoms with Gasteiger partial charge in [0, 0.05) is 6.54 Å². The minimum atomic E-state index is 0. The van der Waals surface area contributed by atoms with Crippen molar-refractivity contribution in [3.8, 4) is 0 Å². The highest BCUT2D eigenvalue weighted by atomic mass is 35.5. The number of hydrogen-bond donors (Lipinski definition) is 0. The smallest absolute Gasteiger partial charge is 0.309 e. The monoisotopic (exact) mass is 345 g/mol. The number of esters is 1. The van der Waals surface area contributed by atoms with E-state index < -0.39 is 0 Å².